The van der Waals surface area contributed by atoms with Gasteiger partial charge in [-0.3, -0.25) is 4.72 Å². The number of anilines is 1. The molecule has 10 heteroatoms. The molecule has 0 bridgehead atoms. The predicted octanol–water partition coefficient (Wildman–Crippen LogP) is 3.56. The Morgan fingerprint density at radius 2 is 1.72 bits per heavy atom. The second-order valence-electron chi connectivity index (χ2n) is 7.01. The fourth-order valence-electron chi connectivity index (χ4n) is 3.56. The van der Waals surface area contributed by atoms with E-state index in [4.69, 9.17) is 18.3 Å². The highest BCUT2D eigenvalue weighted by molar-refractivity contribution is 7.92. The molecular formula is C19H19N3O6S. The molecule has 2 aromatic heterocycles. The van der Waals surface area contributed by atoms with Crippen molar-refractivity contribution in [3.05, 3.63) is 36.2 Å². The molecule has 1 fully saturated rings. The maximum absolute atomic E-state index is 12.7. The number of nitrogens with one attached hydrogen (secondary N) is 1. The van der Waals surface area contributed by atoms with Crippen molar-refractivity contribution in [2.24, 2.45) is 0 Å². The molecule has 3 heterocycles. The standard InChI is InChI=1S/C19H19N3O6S/c23-29(24,22-13-5-6-14-16(11-13)26-10-9-25-14)17-8-7-15(27-17)19-21-20-18(28-19)12-3-1-2-4-12/h5-8,11-12,22H,1-4,9-10H2. The summed E-state index contributed by atoms with van der Waals surface area (Å²) in [5.41, 5.74) is 0.341. The summed E-state index contributed by atoms with van der Waals surface area (Å²) in [5, 5.41) is 7.84. The average Bonchev–Trinajstić information content (AvgIpc) is 3.48. The smallest absolute Gasteiger partial charge is 0.295 e. The lowest BCUT2D eigenvalue weighted by Crippen LogP contribution is -2.16. The van der Waals surface area contributed by atoms with E-state index in [1.54, 1.807) is 18.2 Å². The van der Waals surface area contributed by atoms with Crippen LogP contribution in [-0.4, -0.2) is 31.8 Å². The van der Waals surface area contributed by atoms with Crippen molar-refractivity contribution in [1.82, 2.24) is 10.2 Å². The van der Waals surface area contributed by atoms with Crippen LogP contribution in [0.25, 0.3) is 11.7 Å². The largest absolute Gasteiger partial charge is 0.486 e. The first-order valence-corrected chi connectivity index (χ1v) is 10.9. The van der Waals surface area contributed by atoms with Gasteiger partial charge in [-0.1, -0.05) is 12.8 Å². The van der Waals surface area contributed by atoms with Crippen molar-refractivity contribution in [2.75, 3.05) is 17.9 Å². The van der Waals surface area contributed by atoms with E-state index in [1.807, 2.05) is 0 Å². The molecule has 1 aliphatic heterocycles. The van der Waals surface area contributed by atoms with Gasteiger partial charge in [0.15, 0.2) is 17.3 Å². The van der Waals surface area contributed by atoms with Gasteiger partial charge in [-0.25, -0.2) is 0 Å². The second-order valence-corrected chi connectivity index (χ2v) is 8.62. The van der Waals surface area contributed by atoms with Crippen molar-refractivity contribution in [2.45, 2.75) is 36.7 Å². The molecule has 0 atom stereocenters. The third kappa shape index (κ3) is 3.55. The van der Waals surface area contributed by atoms with Crippen LogP contribution >= 0.6 is 0 Å². The zero-order chi connectivity index (χ0) is 19.8. The first-order chi connectivity index (χ1) is 14.1. The van der Waals surface area contributed by atoms with E-state index in [9.17, 15) is 8.42 Å². The summed E-state index contributed by atoms with van der Waals surface area (Å²) in [4.78, 5) is 0. The van der Waals surface area contributed by atoms with Gasteiger partial charge in [0, 0.05) is 12.0 Å². The molecule has 0 saturated heterocycles. The maximum atomic E-state index is 12.7. The van der Waals surface area contributed by atoms with Gasteiger partial charge in [-0.05, 0) is 37.1 Å². The molecule has 152 valence electrons. The van der Waals surface area contributed by atoms with Crippen molar-refractivity contribution in [3.63, 3.8) is 0 Å². The first-order valence-electron chi connectivity index (χ1n) is 9.44. The van der Waals surface area contributed by atoms with Crippen molar-refractivity contribution in [3.8, 4) is 23.1 Å². The minimum absolute atomic E-state index is 0.174. The number of hydrogen-bond donors (Lipinski definition) is 1. The van der Waals surface area contributed by atoms with Crippen LogP contribution in [0.1, 0.15) is 37.5 Å². The lowest BCUT2D eigenvalue weighted by molar-refractivity contribution is 0.171. The Morgan fingerprint density at radius 1 is 0.931 bits per heavy atom. The lowest BCUT2D eigenvalue weighted by atomic mass is 10.1. The zero-order valence-corrected chi connectivity index (χ0v) is 16.3. The van der Waals surface area contributed by atoms with Crippen molar-refractivity contribution < 1.29 is 26.7 Å². The van der Waals surface area contributed by atoms with Gasteiger partial charge in [-0.2, -0.15) is 8.42 Å². The molecule has 0 amide bonds. The summed E-state index contributed by atoms with van der Waals surface area (Å²) in [7, 11) is -3.94. The van der Waals surface area contributed by atoms with Gasteiger partial charge in [0.25, 0.3) is 15.9 Å². The van der Waals surface area contributed by atoms with Gasteiger partial charge in [0.2, 0.25) is 11.0 Å². The summed E-state index contributed by atoms with van der Waals surface area (Å²) < 4.78 is 50.0. The summed E-state index contributed by atoms with van der Waals surface area (Å²) in [6.45, 7) is 0.878. The number of hydrogen-bond acceptors (Lipinski definition) is 8. The van der Waals surface area contributed by atoms with E-state index >= 15 is 0 Å². The number of nitrogens with zero attached hydrogens (tertiary/aromatic N) is 2. The maximum Gasteiger partial charge on any atom is 0.295 e. The van der Waals surface area contributed by atoms with E-state index in [-0.39, 0.29) is 22.7 Å². The fraction of sp³-hybridized carbons (Fsp3) is 0.368. The number of rotatable bonds is 5. The quantitative estimate of drug-likeness (QED) is 0.670. The predicted molar refractivity (Wildman–Crippen MR) is 101 cm³/mol. The van der Waals surface area contributed by atoms with E-state index in [0.717, 1.165) is 25.7 Å². The average molecular weight is 417 g/mol. The van der Waals surface area contributed by atoms with Gasteiger partial charge in [0.1, 0.15) is 13.2 Å². The monoisotopic (exact) mass is 417 g/mol. The highest BCUT2D eigenvalue weighted by Crippen LogP contribution is 2.36. The summed E-state index contributed by atoms with van der Waals surface area (Å²) >= 11 is 0. The van der Waals surface area contributed by atoms with Crippen LogP contribution in [-0.2, 0) is 10.0 Å². The molecule has 1 aliphatic carbocycles. The fourth-order valence-corrected chi connectivity index (χ4v) is 4.55. The van der Waals surface area contributed by atoms with Gasteiger partial charge in [-0.15, -0.1) is 10.2 Å². The molecule has 1 saturated carbocycles. The van der Waals surface area contributed by atoms with E-state index in [2.05, 4.69) is 14.9 Å². The third-order valence-electron chi connectivity index (χ3n) is 5.00. The molecular weight excluding hydrogens is 398 g/mol. The van der Waals surface area contributed by atoms with Crippen molar-refractivity contribution >= 4 is 15.7 Å². The third-order valence-corrected chi connectivity index (χ3v) is 6.25. The Morgan fingerprint density at radius 3 is 2.55 bits per heavy atom. The highest BCUT2D eigenvalue weighted by atomic mass is 32.2. The summed E-state index contributed by atoms with van der Waals surface area (Å²) in [6.07, 6.45) is 4.35. The van der Waals surface area contributed by atoms with E-state index in [0.29, 0.717) is 36.3 Å². The molecule has 0 spiro atoms. The molecule has 2 aliphatic rings. The lowest BCUT2D eigenvalue weighted by Gasteiger charge is -2.19. The van der Waals surface area contributed by atoms with Crippen LogP contribution in [0, 0.1) is 0 Å². The Kier molecular flexibility index (Phi) is 4.42. The SMILES string of the molecule is O=S(=O)(Nc1ccc2c(c1)OCCO2)c1ccc(-c2nnc(C3CCCC3)o2)o1. The number of ether oxygens (including phenoxy) is 2. The Labute approximate surface area is 167 Å². The minimum atomic E-state index is -3.94. The second kappa shape index (κ2) is 7.11. The van der Waals surface area contributed by atoms with Gasteiger partial charge in [0.05, 0.1) is 5.69 Å². The molecule has 1 aromatic carbocycles. The summed E-state index contributed by atoms with van der Waals surface area (Å²) in [5.74, 6) is 2.30. The normalized spacial score (nSPS) is 16.8. The first kappa shape index (κ1) is 18.0. The molecule has 3 aromatic rings. The number of furan rings is 1. The topological polar surface area (TPSA) is 117 Å². The molecule has 29 heavy (non-hydrogen) atoms. The minimum Gasteiger partial charge on any atom is -0.486 e. The van der Waals surface area contributed by atoms with Crippen LogP contribution < -0.4 is 14.2 Å². The van der Waals surface area contributed by atoms with Crippen LogP contribution in [0.15, 0.2) is 44.3 Å². The van der Waals surface area contributed by atoms with Crippen LogP contribution in [0.5, 0.6) is 11.5 Å². The molecule has 0 unspecified atom stereocenters. The van der Waals surface area contributed by atoms with Crippen LogP contribution in [0.3, 0.4) is 0 Å². The molecule has 9 nitrogen and oxygen atoms in total. The van der Waals surface area contributed by atoms with Crippen molar-refractivity contribution in [1.29, 1.82) is 0 Å². The Balaban J connectivity index is 1.35. The number of sulfonamides is 1. The molecule has 5 rings (SSSR count). The van der Waals surface area contributed by atoms with Crippen LogP contribution in [0.2, 0.25) is 0 Å². The van der Waals surface area contributed by atoms with Gasteiger partial charge < -0.3 is 18.3 Å². The summed E-state index contributed by atoms with van der Waals surface area (Å²) in [6, 6.07) is 7.69. The highest BCUT2D eigenvalue weighted by Gasteiger charge is 2.26. The van der Waals surface area contributed by atoms with Gasteiger partial charge >= 0.3 is 0 Å². The van der Waals surface area contributed by atoms with E-state index in [1.165, 1.54) is 12.1 Å². The zero-order valence-electron chi connectivity index (χ0n) is 15.5. The molecule has 1 N–H and O–H groups in total. The Bertz CT molecular complexity index is 1130. The van der Waals surface area contributed by atoms with E-state index < -0.39 is 10.0 Å². The molecule has 0 radical (unpaired) electrons. The number of benzene rings is 1. The number of aromatic nitrogens is 2. The number of fused-ring (bicyclic) bond motifs is 1. The Hall–Kier alpha value is -3.01. The van der Waals surface area contributed by atoms with Crippen LogP contribution in [0.4, 0.5) is 5.69 Å².